The maximum absolute atomic E-state index is 12.4. The maximum atomic E-state index is 12.4. The molecule has 1 aromatic carbocycles. The zero-order valence-corrected chi connectivity index (χ0v) is 10.5. The molecule has 2 N–H and O–H groups in total. The molecule has 0 heterocycles. The lowest BCUT2D eigenvalue weighted by Gasteiger charge is -2.28. The van der Waals surface area contributed by atoms with E-state index in [0.29, 0.717) is 5.69 Å². The molecule has 0 unspecified atom stereocenters. The Bertz CT molecular complexity index is 399. The van der Waals surface area contributed by atoms with Gasteiger partial charge >= 0.3 is 6.18 Å². The molecule has 19 heavy (non-hydrogen) atoms. The first kappa shape index (κ1) is 14.1. The van der Waals surface area contributed by atoms with Gasteiger partial charge in [-0.2, -0.15) is 18.3 Å². The maximum Gasteiger partial charge on any atom is 0.416 e. The van der Waals surface area contributed by atoms with Crippen LogP contribution < -0.4 is 10.6 Å². The summed E-state index contributed by atoms with van der Waals surface area (Å²) in [6.45, 7) is 0. The normalized spacial score (nSPS) is 17.5. The standard InChI is InChI=1S/C13H17F3N2O/c14-13(15,16)10-6-8-12(9-7-10)18(19)17-11-4-2-1-3-5-11/h6-9,11,17,19H,1-5H2. The van der Waals surface area contributed by atoms with E-state index in [9.17, 15) is 18.4 Å². The molecule has 0 atom stereocenters. The first-order valence-corrected chi connectivity index (χ1v) is 6.39. The van der Waals surface area contributed by atoms with Gasteiger partial charge in [-0.15, -0.1) is 0 Å². The fourth-order valence-corrected chi connectivity index (χ4v) is 2.27. The Balaban J connectivity index is 1.97. The molecular weight excluding hydrogens is 257 g/mol. The zero-order valence-electron chi connectivity index (χ0n) is 10.5. The predicted octanol–water partition coefficient (Wildman–Crippen LogP) is 3.74. The molecule has 0 aromatic heterocycles. The lowest BCUT2D eigenvalue weighted by molar-refractivity contribution is -0.137. The second-order valence-electron chi connectivity index (χ2n) is 4.82. The Morgan fingerprint density at radius 3 is 2.16 bits per heavy atom. The van der Waals surface area contributed by atoms with Gasteiger partial charge in [-0.1, -0.05) is 19.3 Å². The molecule has 3 nitrogen and oxygen atoms in total. The molecule has 1 aromatic rings. The third-order valence-electron chi connectivity index (χ3n) is 3.35. The lowest BCUT2D eigenvalue weighted by atomic mass is 9.96. The number of hydrogen-bond donors (Lipinski definition) is 2. The number of benzene rings is 1. The SMILES string of the molecule is ON(NC1CCCCC1)c1ccc(C(F)(F)F)cc1. The fourth-order valence-electron chi connectivity index (χ4n) is 2.27. The molecule has 1 fully saturated rings. The number of nitrogens with zero attached hydrogens (tertiary/aromatic N) is 1. The second-order valence-corrected chi connectivity index (χ2v) is 4.82. The van der Waals surface area contributed by atoms with E-state index in [1.807, 2.05) is 0 Å². The zero-order chi connectivity index (χ0) is 13.9. The van der Waals surface area contributed by atoms with Crippen molar-refractivity contribution in [2.24, 2.45) is 0 Å². The molecule has 1 aliphatic carbocycles. The Morgan fingerprint density at radius 2 is 1.63 bits per heavy atom. The minimum absolute atomic E-state index is 0.182. The molecule has 2 rings (SSSR count). The van der Waals surface area contributed by atoms with Crippen LogP contribution in [0.3, 0.4) is 0 Å². The van der Waals surface area contributed by atoms with Crippen LogP contribution in [-0.4, -0.2) is 11.2 Å². The van der Waals surface area contributed by atoms with Gasteiger partial charge in [0.05, 0.1) is 11.3 Å². The van der Waals surface area contributed by atoms with E-state index in [2.05, 4.69) is 5.43 Å². The van der Waals surface area contributed by atoms with Crippen LogP contribution in [0.1, 0.15) is 37.7 Å². The van der Waals surface area contributed by atoms with Crippen molar-refractivity contribution in [2.75, 3.05) is 5.17 Å². The van der Waals surface area contributed by atoms with E-state index < -0.39 is 11.7 Å². The van der Waals surface area contributed by atoms with Gasteiger partial charge in [-0.3, -0.25) is 5.21 Å². The second kappa shape index (κ2) is 5.79. The van der Waals surface area contributed by atoms with E-state index in [4.69, 9.17) is 0 Å². The van der Waals surface area contributed by atoms with E-state index >= 15 is 0 Å². The van der Waals surface area contributed by atoms with Crippen molar-refractivity contribution in [3.63, 3.8) is 0 Å². The summed E-state index contributed by atoms with van der Waals surface area (Å²) in [5.41, 5.74) is 2.49. The van der Waals surface area contributed by atoms with Crippen LogP contribution in [0.4, 0.5) is 18.9 Å². The average Bonchev–Trinajstić information content (AvgIpc) is 2.39. The smallest absolute Gasteiger partial charge is 0.273 e. The molecule has 0 spiro atoms. The fraction of sp³-hybridized carbons (Fsp3) is 0.538. The van der Waals surface area contributed by atoms with E-state index in [1.54, 1.807) is 0 Å². The van der Waals surface area contributed by atoms with Crippen molar-refractivity contribution in [1.29, 1.82) is 0 Å². The lowest BCUT2D eigenvalue weighted by Crippen LogP contribution is -2.43. The topological polar surface area (TPSA) is 35.5 Å². The van der Waals surface area contributed by atoms with Crippen LogP contribution in [0, 0.1) is 0 Å². The molecule has 0 radical (unpaired) electrons. The summed E-state index contributed by atoms with van der Waals surface area (Å²) in [5, 5.41) is 10.6. The summed E-state index contributed by atoms with van der Waals surface area (Å²) in [4.78, 5) is 0. The van der Waals surface area contributed by atoms with Crippen LogP contribution in [0.5, 0.6) is 0 Å². The summed E-state index contributed by atoms with van der Waals surface area (Å²) in [5.74, 6) is 0. The first-order chi connectivity index (χ1) is 8.97. The molecule has 1 aliphatic rings. The number of nitrogens with one attached hydrogen (secondary N) is 1. The van der Waals surface area contributed by atoms with Gasteiger partial charge in [0.2, 0.25) is 0 Å². The molecule has 0 bridgehead atoms. The Hall–Kier alpha value is -1.27. The molecule has 6 heteroatoms. The number of rotatable bonds is 3. The van der Waals surface area contributed by atoms with Crippen LogP contribution in [0.15, 0.2) is 24.3 Å². The largest absolute Gasteiger partial charge is 0.416 e. The third-order valence-corrected chi connectivity index (χ3v) is 3.35. The van der Waals surface area contributed by atoms with Gasteiger partial charge in [-0.25, -0.2) is 5.43 Å². The van der Waals surface area contributed by atoms with E-state index in [1.165, 1.54) is 18.6 Å². The molecule has 0 aliphatic heterocycles. The van der Waals surface area contributed by atoms with Gasteiger partial charge < -0.3 is 0 Å². The van der Waals surface area contributed by atoms with Gasteiger partial charge in [0.25, 0.3) is 0 Å². The van der Waals surface area contributed by atoms with Gasteiger partial charge in [0, 0.05) is 6.04 Å². The highest BCUT2D eigenvalue weighted by Gasteiger charge is 2.30. The van der Waals surface area contributed by atoms with Crippen molar-refractivity contribution in [3.8, 4) is 0 Å². The minimum atomic E-state index is -4.35. The third kappa shape index (κ3) is 3.84. The van der Waals surface area contributed by atoms with Crippen LogP contribution in [-0.2, 0) is 6.18 Å². The summed E-state index contributed by atoms with van der Waals surface area (Å²) in [6, 6.07) is 4.60. The highest BCUT2D eigenvalue weighted by Crippen LogP contribution is 2.30. The summed E-state index contributed by atoms with van der Waals surface area (Å²) < 4.78 is 37.2. The van der Waals surface area contributed by atoms with Crippen LogP contribution in [0.25, 0.3) is 0 Å². The number of hydrazine groups is 1. The van der Waals surface area contributed by atoms with Gasteiger partial charge in [-0.05, 0) is 37.1 Å². The Morgan fingerprint density at radius 1 is 1.05 bits per heavy atom. The first-order valence-electron chi connectivity index (χ1n) is 6.39. The molecule has 1 saturated carbocycles. The molecule has 0 saturated heterocycles. The number of hydrogen-bond acceptors (Lipinski definition) is 3. The molecular formula is C13H17F3N2O. The number of anilines is 1. The quantitative estimate of drug-likeness (QED) is 0.824. The van der Waals surface area contributed by atoms with Gasteiger partial charge in [0.1, 0.15) is 0 Å². The highest BCUT2D eigenvalue weighted by atomic mass is 19.4. The van der Waals surface area contributed by atoms with Crippen molar-refractivity contribution >= 4 is 5.69 Å². The van der Waals surface area contributed by atoms with Crippen molar-refractivity contribution in [3.05, 3.63) is 29.8 Å². The Kier molecular flexibility index (Phi) is 4.31. The highest BCUT2D eigenvalue weighted by molar-refractivity contribution is 5.44. The monoisotopic (exact) mass is 274 g/mol. The Labute approximate surface area is 110 Å². The average molecular weight is 274 g/mol. The summed E-state index contributed by atoms with van der Waals surface area (Å²) >= 11 is 0. The number of halogens is 3. The van der Waals surface area contributed by atoms with Crippen molar-refractivity contribution in [1.82, 2.24) is 5.43 Å². The predicted molar refractivity (Wildman–Crippen MR) is 65.7 cm³/mol. The van der Waals surface area contributed by atoms with Crippen molar-refractivity contribution in [2.45, 2.75) is 44.3 Å². The minimum Gasteiger partial charge on any atom is -0.273 e. The number of alkyl halides is 3. The summed E-state index contributed by atoms with van der Waals surface area (Å²) in [7, 11) is 0. The molecule has 0 amide bonds. The van der Waals surface area contributed by atoms with E-state index in [-0.39, 0.29) is 6.04 Å². The molecule has 106 valence electrons. The van der Waals surface area contributed by atoms with E-state index in [0.717, 1.165) is 43.0 Å². The van der Waals surface area contributed by atoms with Crippen LogP contribution in [0.2, 0.25) is 0 Å². The van der Waals surface area contributed by atoms with Gasteiger partial charge in [0.15, 0.2) is 0 Å². The van der Waals surface area contributed by atoms with Crippen LogP contribution >= 0.6 is 0 Å². The van der Waals surface area contributed by atoms with Crippen molar-refractivity contribution < 1.29 is 18.4 Å². The summed E-state index contributed by atoms with van der Waals surface area (Å²) in [6.07, 6.45) is 1.01.